The standard InChI is InChI=1S/C22H24N2O3S/c1-4-24-21(25)20(15-16-9-7-8-10-19(16)27-6-3)28-22(24)23-17-11-13-18(14-12-17)26-5-2/h7-15H,4-6H2,1-3H3/b20-15+,23-22?. The Bertz CT molecular complexity index is 891. The Labute approximate surface area is 170 Å². The summed E-state index contributed by atoms with van der Waals surface area (Å²) >= 11 is 1.38. The second kappa shape index (κ2) is 9.46. The molecule has 1 fully saturated rings. The van der Waals surface area contributed by atoms with Gasteiger partial charge in [0, 0.05) is 12.1 Å². The zero-order valence-corrected chi connectivity index (χ0v) is 17.2. The first-order valence-electron chi connectivity index (χ1n) is 9.41. The van der Waals surface area contributed by atoms with Crippen LogP contribution in [0.3, 0.4) is 0 Å². The largest absolute Gasteiger partial charge is 0.494 e. The fourth-order valence-corrected chi connectivity index (χ4v) is 3.85. The molecule has 0 saturated carbocycles. The summed E-state index contributed by atoms with van der Waals surface area (Å²) in [7, 11) is 0. The molecule has 0 N–H and O–H groups in total. The second-order valence-corrected chi connectivity index (χ2v) is 6.96. The van der Waals surface area contributed by atoms with E-state index in [4.69, 9.17) is 9.47 Å². The lowest BCUT2D eigenvalue weighted by molar-refractivity contribution is -0.122. The molecule has 5 nitrogen and oxygen atoms in total. The topological polar surface area (TPSA) is 51.1 Å². The Balaban J connectivity index is 1.88. The Kier molecular flexibility index (Phi) is 6.76. The predicted molar refractivity (Wildman–Crippen MR) is 115 cm³/mol. The molecule has 2 aromatic rings. The lowest BCUT2D eigenvalue weighted by Gasteiger charge is -2.12. The fourth-order valence-electron chi connectivity index (χ4n) is 2.79. The van der Waals surface area contributed by atoms with E-state index in [1.807, 2.05) is 75.4 Å². The van der Waals surface area contributed by atoms with E-state index in [0.717, 1.165) is 22.7 Å². The number of para-hydroxylation sites is 1. The summed E-state index contributed by atoms with van der Waals surface area (Å²) in [5, 5.41) is 0.678. The number of thioether (sulfide) groups is 1. The predicted octanol–water partition coefficient (Wildman–Crippen LogP) is 5.11. The first-order valence-corrected chi connectivity index (χ1v) is 10.2. The van der Waals surface area contributed by atoms with Gasteiger partial charge in [-0.3, -0.25) is 9.69 Å². The number of benzene rings is 2. The quantitative estimate of drug-likeness (QED) is 0.611. The Morgan fingerprint density at radius 2 is 1.71 bits per heavy atom. The summed E-state index contributed by atoms with van der Waals surface area (Å²) in [6.45, 7) is 7.60. The lowest BCUT2D eigenvalue weighted by Crippen LogP contribution is -2.28. The highest BCUT2D eigenvalue weighted by atomic mass is 32.2. The maximum absolute atomic E-state index is 12.8. The van der Waals surface area contributed by atoms with Gasteiger partial charge in [0.05, 0.1) is 23.8 Å². The highest BCUT2D eigenvalue weighted by molar-refractivity contribution is 8.18. The van der Waals surface area contributed by atoms with Crippen molar-refractivity contribution in [3.05, 3.63) is 59.0 Å². The number of likely N-dealkylation sites (N-methyl/N-ethyl adjacent to an activating group) is 1. The number of hydrogen-bond donors (Lipinski definition) is 0. The van der Waals surface area contributed by atoms with Gasteiger partial charge < -0.3 is 9.47 Å². The number of aliphatic imine (C=N–C) groups is 1. The molecular weight excluding hydrogens is 372 g/mol. The van der Waals surface area contributed by atoms with Crippen LogP contribution in [0.1, 0.15) is 26.3 Å². The van der Waals surface area contributed by atoms with Crippen LogP contribution < -0.4 is 9.47 Å². The fraction of sp³-hybridized carbons (Fsp3) is 0.273. The van der Waals surface area contributed by atoms with Gasteiger partial charge in [-0.05, 0) is 68.9 Å². The molecule has 0 aliphatic carbocycles. The molecule has 6 heteroatoms. The van der Waals surface area contributed by atoms with Crippen molar-refractivity contribution in [2.45, 2.75) is 20.8 Å². The van der Waals surface area contributed by atoms with Crippen LogP contribution >= 0.6 is 11.8 Å². The summed E-state index contributed by atoms with van der Waals surface area (Å²) in [5.74, 6) is 1.54. The lowest BCUT2D eigenvalue weighted by atomic mass is 10.2. The molecule has 0 unspecified atom stereocenters. The van der Waals surface area contributed by atoms with Gasteiger partial charge in [0.15, 0.2) is 5.17 Å². The molecule has 0 atom stereocenters. The number of carbonyl (C=O) groups is 1. The van der Waals surface area contributed by atoms with Gasteiger partial charge in [-0.1, -0.05) is 18.2 Å². The van der Waals surface area contributed by atoms with E-state index in [9.17, 15) is 4.79 Å². The number of ether oxygens (including phenoxy) is 2. The maximum Gasteiger partial charge on any atom is 0.266 e. The van der Waals surface area contributed by atoms with E-state index < -0.39 is 0 Å². The number of carbonyl (C=O) groups excluding carboxylic acids is 1. The van der Waals surface area contributed by atoms with Crippen molar-refractivity contribution in [3.63, 3.8) is 0 Å². The molecule has 0 spiro atoms. The average Bonchev–Trinajstić information content (AvgIpc) is 2.99. The van der Waals surface area contributed by atoms with E-state index in [1.54, 1.807) is 4.90 Å². The van der Waals surface area contributed by atoms with Crippen LogP contribution in [-0.4, -0.2) is 35.7 Å². The third kappa shape index (κ3) is 4.57. The second-order valence-electron chi connectivity index (χ2n) is 5.95. The number of amidine groups is 1. The summed E-state index contributed by atoms with van der Waals surface area (Å²) in [6.07, 6.45) is 1.88. The van der Waals surface area contributed by atoms with E-state index >= 15 is 0 Å². The summed E-state index contributed by atoms with van der Waals surface area (Å²) in [5.41, 5.74) is 1.67. The van der Waals surface area contributed by atoms with Gasteiger partial charge in [-0.25, -0.2) is 4.99 Å². The average molecular weight is 397 g/mol. The summed E-state index contributed by atoms with van der Waals surface area (Å²) in [6, 6.07) is 15.3. The normalized spacial score (nSPS) is 16.8. The van der Waals surface area contributed by atoms with Crippen LogP contribution in [0.2, 0.25) is 0 Å². The van der Waals surface area contributed by atoms with Crippen molar-refractivity contribution in [2.24, 2.45) is 4.99 Å². The third-order valence-electron chi connectivity index (χ3n) is 4.08. The van der Waals surface area contributed by atoms with Crippen molar-refractivity contribution in [2.75, 3.05) is 19.8 Å². The van der Waals surface area contributed by atoms with Gasteiger partial charge in [-0.2, -0.15) is 0 Å². The molecule has 0 radical (unpaired) electrons. The van der Waals surface area contributed by atoms with Crippen molar-refractivity contribution >= 4 is 34.6 Å². The smallest absolute Gasteiger partial charge is 0.266 e. The molecule has 3 rings (SSSR count). The van der Waals surface area contributed by atoms with Crippen LogP contribution in [0.4, 0.5) is 5.69 Å². The van der Waals surface area contributed by atoms with Gasteiger partial charge in [0.25, 0.3) is 5.91 Å². The molecule has 1 heterocycles. The molecule has 0 bridgehead atoms. The SMILES string of the molecule is CCOc1ccc(N=C2S/C(=C/c3ccccc3OCC)C(=O)N2CC)cc1. The van der Waals surface area contributed by atoms with Crippen LogP contribution in [0.15, 0.2) is 58.4 Å². The Hall–Kier alpha value is -2.73. The van der Waals surface area contributed by atoms with Crippen molar-refractivity contribution < 1.29 is 14.3 Å². The minimum Gasteiger partial charge on any atom is -0.494 e. The van der Waals surface area contributed by atoms with Crippen LogP contribution in [-0.2, 0) is 4.79 Å². The maximum atomic E-state index is 12.8. The van der Waals surface area contributed by atoms with Gasteiger partial charge >= 0.3 is 0 Å². The number of nitrogens with zero attached hydrogens (tertiary/aromatic N) is 2. The molecule has 2 aromatic carbocycles. The molecular formula is C22H24N2O3S. The minimum absolute atomic E-state index is 0.0384. The van der Waals surface area contributed by atoms with Crippen LogP contribution in [0.5, 0.6) is 11.5 Å². The minimum atomic E-state index is -0.0384. The van der Waals surface area contributed by atoms with Gasteiger partial charge in [-0.15, -0.1) is 0 Å². The molecule has 1 saturated heterocycles. The van der Waals surface area contributed by atoms with Crippen molar-refractivity contribution in [1.29, 1.82) is 0 Å². The van der Waals surface area contributed by atoms with Crippen LogP contribution in [0.25, 0.3) is 6.08 Å². The zero-order valence-electron chi connectivity index (χ0n) is 16.3. The zero-order chi connectivity index (χ0) is 19.9. The molecule has 1 aliphatic heterocycles. The molecule has 0 aromatic heterocycles. The van der Waals surface area contributed by atoms with Crippen LogP contribution in [0, 0.1) is 0 Å². The number of rotatable bonds is 7. The summed E-state index contributed by atoms with van der Waals surface area (Å²) in [4.78, 5) is 19.8. The van der Waals surface area contributed by atoms with E-state index in [1.165, 1.54) is 11.8 Å². The Morgan fingerprint density at radius 3 is 2.39 bits per heavy atom. The monoisotopic (exact) mass is 396 g/mol. The highest BCUT2D eigenvalue weighted by Gasteiger charge is 2.32. The third-order valence-corrected chi connectivity index (χ3v) is 5.09. The van der Waals surface area contributed by atoms with Gasteiger partial charge in [0.2, 0.25) is 0 Å². The van der Waals surface area contributed by atoms with Crippen molar-refractivity contribution in [1.82, 2.24) is 4.90 Å². The van der Waals surface area contributed by atoms with Gasteiger partial charge in [0.1, 0.15) is 11.5 Å². The first kappa shape index (κ1) is 20.0. The molecule has 28 heavy (non-hydrogen) atoms. The number of hydrogen-bond acceptors (Lipinski definition) is 5. The molecule has 1 amide bonds. The van der Waals surface area contributed by atoms with E-state index in [0.29, 0.717) is 29.8 Å². The number of amides is 1. The highest BCUT2D eigenvalue weighted by Crippen LogP contribution is 2.35. The summed E-state index contributed by atoms with van der Waals surface area (Å²) < 4.78 is 11.1. The first-order chi connectivity index (χ1) is 13.7. The molecule has 1 aliphatic rings. The molecule has 146 valence electrons. The van der Waals surface area contributed by atoms with Crippen molar-refractivity contribution in [3.8, 4) is 11.5 Å². The van der Waals surface area contributed by atoms with E-state index in [2.05, 4.69) is 4.99 Å². The van der Waals surface area contributed by atoms with E-state index in [-0.39, 0.29) is 5.91 Å². The Morgan fingerprint density at radius 1 is 1.00 bits per heavy atom.